The van der Waals surface area contributed by atoms with Gasteiger partial charge in [0, 0.05) is 17.6 Å². The molecule has 0 fully saturated rings. The zero-order chi connectivity index (χ0) is 17.6. The second-order valence-electron chi connectivity index (χ2n) is 5.97. The van der Waals surface area contributed by atoms with Crippen LogP contribution in [-0.4, -0.2) is 15.7 Å². The number of halogens is 1. The van der Waals surface area contributed by atoms with Gasteiger partial charge in [-0.15, -0.1) is 0 Å². The van der Waals surface area contributed by atoms with Crippen molar-refractivity contribution in [3.63, 3.8) is 0 Å². The predicted molar refractivity (Wildman–Crippen MR) is 99.9 cm³/mol. The van der Waals surface area contributed by atoms with Crippen molar-refractivity contribution in [2.24, 2.45) is 0 Å². The number of carbonyl (C=O) groups excluding carboxylic acids is 1. The first-order valence-corrected chi connectivity index (χ1v) is 8.63. The van der Waals surface area contributed by atoms with E-state index in [4.69, 9.17) is 11.6 Å². The summed E-state index contributed by atoms with van der Waals surface area (Å²) >= 11 is 6.00. The van der Waals surface area contributed by atoms with Crippen LogP contribution in [0.5, 0.6) is 0 Å². The molecular formula is C20H20ClN3O. The van der Waals surface area contributed by atoms with Crippen LogP contribution in [0, 0.1) is 0 Å². The summed E-state index contributed by atoms with van der Waals surface area (Å²) in [4.78, 5) is 12.2. The van der Waals surface area contributed by atoms with Gasteiger partial charge in [-0.1, -0.05) is 41.9 Å². The highest BCUT2D eigenvalue weighted by atomic mass is 35.5. The summed E-state index contributed by atoms with van der Waals surface area (Å²) in [5.41, 5.74) is 3.04. The van der Waals surface area contributed by atoms with Gasteiger partial charge in [-0.2, -0.15) is 5.10 Å². The normalized spacial score (nSPS) is 11.9. The van der Waals surface area contributed by atoms with Crippen LogP contribution in [0.15, 0.2) is 67.0 Å². The lowest BCUT2D eigenvalue weighted by atomic mass is 10.1. The molecule has 1 aromatic heterocycles. The molecule has 0 aliphatic rings. The standard InChI is InChI=1S/C20H20ClN3O/c1-15(17-6-5-7-18(21)12-17)23-20(25)11-10-16-13-22-24(14-16)19-8-3-2-4-9-19/h2-9,12-15H,10-11H2,1H3,(H,23,25). The summed E-state index contributed by atoms with van der Waals surface area (Å²) in [5, 5.41) is 8.03. The van der Waals surface area contributed by atoms with Gasteiger partial charge < -0.3 is 5.32 Å². The minimum absolute atomic E-state index is 0.0138. The summed E-state index contributed by atoms with van der Waals surface area (Å²) in [6.45, 7) is 1.96. The molecule has 5 heteroatoms. The summed E-state index contributed by atoms with van der Waals surface area (Å²) in [5.74, 6) is 0.0138. The quantitative estimate of drug-likeness (QED) is 0.716. The van der Waals surface area contributed by atoms with Crippen molar-refractivity contribution < 1.29 is 4.79 Å². The molecule has 1 unspecified atom stereocenters. The fourth-order valence-corrected chi connectivity index (χ4v) is 2.84. The maximum absolute atomic E-state index is 12.2. The highest BCUT2D eigenvalue weighted by molar-refractivity contribution is 6.30. The highest BCUT2D eigenvalue weighted by Gasteiger charge is 2.10. The molecule has 0 spiro atoms. The number of carbonyl (C=O) groups is 1. The molecule has 1 atom stereocenters. The number of hydrogen-bond acceptors (Lipinski definition) is 2. The fourth-order valence-electron chi connectivity index (χ4n) is 2.64. The van der Waals surface area contributed by atoms with Gasteiger partial charge in [0.25, 0.3) is 0 Å². The van der Waals surface area contributed by atoms with E-state index < -0.39 is 0 Å². The molecule has 2 aromatic carbocycles. The summed E-state index contributed by atoms with van der Waals surface area (Å²) < 4.78 is 1.82. The van der Waals surface area contributed by atoms with Gasteiger partial charge in [0.2, 0.25) is 5.91 Å². The maximum atomic E-state index is 12.2. The summed E-state index contributed by atoms with van der Waals surface area (Å²) in [6, 6.07) is 17.4. The summed E-state index contributed by atoms with van der Waals surface area (Å²) in [6.07, 6.45) is 4.84. The number of para-hydroxylation sites is 1. The first kappa shape index (κ1) is 17.2. The van der Waals surface area contributed by atoms with Crippen molar-refractivity contribution in [2.75, 3.05) is 0 Å². The first-order valence-electron chi connectivity index (χ1n) is 8.25. The number of nitrogens with one attached hydrogen (secondary N) is 1. The van der Waals surface area contributed by atoms with E-state index in [9.17, 15) is 4.79 Å². The Morgan fingerprint density at radius 1 is 1.20 bits per heavy atom. The molecule has 1 amide bonds. The minimum atomic E-state index is -0.0711. The van der Waals surface area contributed by atoms with E-state index in [-0.39, 0.29) is 11.9 Å². The zero-order valence-corrected chi connectivity index (χ0v) is 14.8. The average Bonchev–Trinajstić information content (AvgIpc) is 3.10. The molecular weight excluding hydrogens is 334 g/mol. The second kappa shape index (κ2) is 7.99. The van der Waals surface area contributed by atoms with Gasteiger partial charge in [-0.25, -0.2) is 4.68 Å². The lowest BCUT2D eigenvalue weighted by Crippen LogP contribution is -2.26. The number of aromatic nitrogens is 2. The van der Waals surface area contributed by atoms with Crippen molar-refractivity contribution in [3.8, 4) is 5.69 Å². The third-order valence-corrected chi connectivity index (χ3v) is 4.26. The number of nitrogens with zero attached hydrogens (tertiary/aromatic N) is 2. The third-order valence-electron chi connectivity index (χ3n) is 4.02. The molecule has 4 nitrogen and oxygen atoms in total. The largest absolute Gasteiger partial charge is 0.350 e. The van der Waals surface area contributed by atoms with E-state index >= 15 is 0 Å². The topological polar surface area (TPSA) is 46.9 Å². The first-order chi connectivity index (χ1) is 12.1. The van der Waals surface area contributed by atoms with Gasteiger partial charge >= 0.3 is 0 Å². The average molecular weight is 354 g/mol. The smallest absolute Gasteiger partial charge is 0.220 e. The Labute approximate surface area is 152 Å². The molecule has 0 radical (unpaired) electrons. The molecule has 25 heavy (non-hydrogen) atoms. The molecule has 0 saturated carbocycles. The van der Waals surface area contributed by atoms with E-state index in [2.05, 4.69) is 10.4 Å². The lowest BCUT2D eigenvalue weighted by molar-refractivity contribution is -0.121. The van der Waals surface area contributed by atoms with Crippen LogP contribution in [0.2, 0.25) is 5.02 Å². The van der Waals surface area contributed by atoms with Crippen molar-refractivity contribution in [3.05, 3.63) is 83.1 Å². The Hall–Kier alpha value is -2.59. The number of rotatable bonds is 6. The van der Waals surface area contributed by atoms with Crippen LogP contribution in [-0.2, 0) is 11.2 Å². The second-order valence-corrected chi connectivity index (χ2v) is 6.41. The van der Waals surface area contributed by atoms with E-state index in [0.717, 1.165) is 16.8 Å². The Kier molecular flexibility index (Phi) is 5.51. The zero-order valence-electron chi connectivity index (χ0n) is 14.0. The molecule has 0 bridgehead atoms. The van der Waals surface area contributed by atoms with Crippen LogP contribution in [0.1, 0.15) is 30.5 Å². The van der Waals surface area contributed by atoms with Crippen LogP contribution in [0.25, 0.3) is 5.69 Å². The van der Waals surface area contributed by atoms with Crippen molar-refractivity contribution in [1.82, 2.24) is 15.1 Å². The van der Waals surface area contributed by atoms with Crippen molar-refractivity contribution in [1.29, 1.82) is 0 Å². The van der Waals surface area contributed by atoms with E-state index in [0.29, 0.717) is 17.9 Å². The Balaban J connectivity index is 1.53. The molecule has 3 rings (SSSR count). The number of aryl methyl sites for hydroxylation is 1. The third kappa shape index (κ3) is 4.70. The Morgan fingerprint density at radius 2 is 2.00 bits per heavy atom. The van der Waals surface area contributed by atoms with Gasteiger partial charge in [-0.3, -0.25) is 4.79 Å². The van der Waals surface area contributed by atoms with Crippen LogP contribution >= 0.6 is 11.6 Å². The minimum Gasteiger partial charge on any atom is -0.350 e. The maximum Gasteiger partial charge on any atom is 0.220 e. The number of hydrogen-bond donors (Lipinski definition) is 1. The molecule has 0 aliphatic heterocycles. The van der Waals surface area contributed by atoms with Crippen LogP contribution in [0.3, 0.4) is 0 Å². The van der Waals surface area contributed by atoms with E-state index in [1.165, 1.54) is 0 Å². The Morgan fingerprint density at radius 3 is 2.76 bits per heavy atom. The molecule has 128 valence electrons. The molecule has 0 saturated heterocycles. The van der Waals surface area contributed by atoms with Gasteiger partial charge in [-0.05, 0) is 48.7 Å². The molecule has 1 N–H and O–H groups in total. The van der Waals surface area contributed by atoms with Gasteiger partial charge in [0.15, 0.2) is 0 Å². The monoisotopic (exact) mass is 353 g/mol. The fraction of sp³-hybridized carbons (Fsp3) is 0.200. The Bertz CT molecular complexity index is 845. The van der Waals surface area contributed by atoms with Gasteiger partial charge in [0.1, 0.15) is 0 Å². The van der Waals surface area contributed by atoms with Crippen LogP contribution in [0.4, 0.5) is 0 Å². The van der Waals surface area contributed by atoms with E-state index in [1.807, 2.05) is 72.4 Å². The van der Waals surface area contributed by atoms with Gasteiger partial charge in [0.05, 0.1) is 17.9 Å². The van der Waals surface area contributed by atoms with Crippen molar-refractivity contribution >= 4 is 17.5 Å². The SMILES string of the molecule is CC(NC(=O)CCc1cnn(-c2ccccc2)c1)c1cccc(Cl)c1. The predicted octanol–water partition coefficient (Wildman–Crippen LogP) is 4.34. The number of amides is 1. The highest BCUT2D eigenvalue weighted by Crippen LogP contribution is 2.17. The molecule has 1 heterocycles. The number of benzene rings is 2. The lowest BCUT2D eigenvalue weighted by Gasteiger charge is -2.14. The van der Waals surface area contributed by atoms with E-state index in [1.54, 1.807) is 6.20 Å². The van der Waals surface area contributed by atoms with Crippen molar-refractivity contribution in [2.45, 2.75) is 25.8 Å². The molecule has 3 aromatic rings. The summed E-state index contributed by atoms with van der Waals surface area (Å²) in [7, 11) is 0. The molecule has 0 aliphatic carbocycles. The van der Waals surface area contributed by atoms with Crippen LogP contribution < -0.4 is 5.32 Å².